The molecule has 3 rings (SSSR count). The minimum Gasteiger partial charge on any atom is -0.428 e. The van der Waals surface area contributed by atoms with Crippen molar-refractivity contribution in [3.8, 4) is 5.75 Å². The standard InChI is InChI=1S/C26H19ClF9NO2/c27-20-12-16(6-7-21(20)29)24(14-15-4-2-1-3-5-15,37-22(38)8-9-25(32,33)34)17-10-18(28)13-19(11-17)39-26(35,36)23(30)31/h1-7,10-13,23H,8-9,14H2,(H,37,38)/t24-/m1/s1. The van der Waals surface area contributed by atoms with E-state index in [1.165, 1.54) is 0 Å². The normalized spacial score (nSPS) is 13.7. The topological polar surface area (TPSA) is 38.3 Å². The summed E-state index contributed by atoms with van der Waals surface area (Å²) in [5.74, 6) is -4.42. The number of halogens is 10. The van der Waals surface area contributed by atoms with Crippen molar-refractivity contribution in [2.75, 3.05) is 0 Å². The molecule has 0 heterocycles. The Morgan fingerprint density at radius 1 is 0.897 bits per heavy atom. The van der Waals surface area contributed by atoms with Crippen molar-refractivity contribution in [2.45, 2.75) is 43.5 Å². The lowest BCUT2D eigenvalue weighted by Crippen LogP contribution is -2.49. The number of carbonyl (C=O) groups excluding carboxylic acids is 1. The molecule has 3 aromatic rings. The van der Waals surface area contributed by atoms with E-state index in [9.17, 15) is 44.3 Å². The maximum Gasteiger partial charge on any atom is 0.461 e. The average Bonchev–Trinajstić information content (AvgIpc) is 2.83. The highest BCUT2D eigenvalue weighted by Gasteiger charge is 2.45. The number of rotatable bonds is 10. The summed E-state index contributed by atoms with van der Waals surface area (Å²) in [6.07, 6.45) is -16.9. The zero-order valence-electron chi connectivity index (χ0n) is 19.6. The van der Waals surface area contributed by atoms with Crippen LogP contribution in [0.4, 0.5) is 39.5 Å². The molecule has 13 heteroatoms. The second-order valence-electron chi connectivity index (χ2n) is 8.50. The largest absolute Gasteiger partial charge is 0.461 e. The second-order valence-corrected chi connectivity index (χ2v) is 8.91. The van der Waals surface area contributed by atoms with Gasteiger partial charge in [0.05, 0.1) is 17.0 Å². The molecule has 0 fully saturated rings. The molecule has 210 valence electrons. The van der Waals surface area contributed by atoms with Crippen LogP contribution in [-0.4, -0.2) is 24.6 Å². The fraction of sp³-hybridized carbons (Fsp3) is 0.269. The summed E-state index contributed by atoms with van der Waals surface area (Å²) >= 11 is 5.93. The molecule has 0 bridgehead atoms. The van der Waals surface area contributed by atoms with Gasteiger partial charge in [-0.25, -0.2) is 8.78 Å². The molecule has 0 saturated heterocycles. The van der Waals surface area contributed by atoms with E-state index in [2.05, 4.69) is 10.1 Å². The minimum absolute atomic E-state index is 0.0738. The van der Waals surface area contributed by atoms with Gasteiger partial charge in [-0.3, -0.25) is 4.79 Å². The maximum atomic E-state index is 14.7. The van der Waals surface area contributed by atoms with E-state index in [1.54, 1.807) is 30.3 Å². The molecule has 1 N–H and O–H groups in total. The fourth-order valence-electron chi connectivity index (χ4n) is 3.85. The molecule has 0 aliphatic carbocycles. The Hall–Kier alpha value is -3.41. The molecule has 0 aliphatic rings. The van der Waals surface area contributed by atoms with Crippen molar-refractivity contribution < 1.29 is 49.0 Å². The number of hydrogen-bond acceptors (Lipinski definition) is 2. The number of ether oxygens (including phenoxy) is 1. The number of carbonyl (C=O) groups is 1. The number of amides is 1. The highest BCUT2D eigenvalue weighted by molar-refractivity contribution is 6.30. The highest BCUT2D eigenvalue weighted by Crippen LogP contribution is 2.39. The van der Waals surface area contributed by atoms with Gasteiger partial charge in [-0.2, -0.15) is 30.7 Å². The first-order chi connectivity index (χ1) is 18.1. The summed E-state index contributed by atoms with van der Waals surface area (Å²) in [7, 11) is 0. The van der Waals surface area contributed by atoms with E-state index in [4.69, 9.17) is 11.6 Å². The third-order valence-corrected chi connectivity index (χ3v) is 5.87. The third-order valence-electron chi connectivity index (χ3n) is 5.58. The van der Waals surface area contributed by atoms with E-state index < -0.39 is 65.4 Å². The van der Waals surface area contributed by atoms with Gasteiger partial charge in [0.15, 0.2) is 0 Å². The van der Waals surface area contributed by atoms with E-state index in [0.717, 1.165) is 30.3 Å². The Kier molecular flexibility index (Phi) is 9.09. The Labute approximate surface area is 221 Å². The van der Waals surface area contributed by atoms with Crippen LogP contribution < -0.4 is 10.1 Å². The molecule has 0 radical (unpaired) electrons. The summed E-state index contributed by atoms with van der Waals surface area (Å²) in [4.78, 5) is 12.8. The number of nitrogens with one attached hydrogen (secondary N) is 1. The molecule has 3 nitrogen and oxygen atoms in total. The van der Waals surface area contributed by atoms with Crippen LogP contribution in [0.15, 0.2) is 66.7 Å². The number of hydrogen-bond donors (Lipinski definition) is 1. The van der Waals surface area contributed by atoms with Crippen molar-refractivity contribution in [2.24, 2.45) is 0 Å². The molecule has 0 aliphatic heterocycles. The Morgan fingerprint density at radius 2 is 1.56 bits per heavy atom. The second kappa shape index (κ2) is 11.8. The van der Waals surface area contributed by atoms with Crippen LogP contribution >= 0.6 is 11.6 Å². The van der Waals surface area contributed by atoms with Gasteiger partial charge in [0.2, 0.25) is 5.91 Å². The van der Waals surface area contributed by atoms with E-state index in [-0.39, 0.29) is 17.5 Å². The van der Waals surface area contributed by atoms with Gasteiger partial charge in [-0.15, -0.1) is 0 Å². The molecule has 0 unspecified atom stereocenters. The summed E-state index contributed by atoms with van der Waals surface area (Å²) < 4.78 is 124. The fourth-order valence-corrected chi connectivity index (χ4v) is 4.03. The van der Waals surface area contributed by atoms with Crippen LogP contribution in [0.3, 0.4) is 0 Å². The SMILES string of the molecule is O=C(CCC(F)(F)F)N[C@@](Cc1ccccc1)(c1cc(F)cc(OC(F)(F)C(F)F)c1)c1ccc(F)c(Cl)c1. The molecular weight excluding hydrogens is 565 g/mol. The molecule has 39 heavy (non-hydrogen) atoms. The number of alkyl halides is 7. The van der Waals surface area contributed by atoms with Crippen molar-refractivity contribution in [3.63, 3.8) is 0 Å². The first-order valence-electron chi connectivity index (χ1n) is 11.1. The van der Waals surface area contributed by atoms with E-state index in [0.29, 0.717) is 11.6 Å². The van der Waals surface area contributed by atoms with Crippen LogP contribution in [0.2, 0.25) is 5.02 Å². The first kappa shape index (κ1) is 30.1. The Balaban J connectivity index is 2.25. The Morgan fingerprint density at radius 3 is 2.15 bits per heavy atom. The lowest BCUT2D eigenvalue weighted by atomic mass is 9.77. The van der Waals surface area contributed by atoms with Crippen LogP contribution in [0, 0.1) is 11.6 Å². The Bertz CT molecular complexity index is 1300. The number of benzene rings is 3. The van der Waals surface area contributed by atoms with Crippen LogP contribution in [0.1, 0.15) is 29.5 Å². The van der Waals surface area contributed by atoms with Gasteiger partial charge < -0.3 is 10.1 Å². The van der Waals surface area contributed by atoms with Gasteiger partial charge in [0.25, 0.3) is 0 Å². The van der Waals surface area contributed by atoms with Gasteiger partial charge in [0, 0.05) is 18.9 Å². The van der Waals surface area contributed by atoms with Gasteiger partial charge in [-0.1, -0.05) is 48.0 Å². The van der Waals surface area contributed by atoms with E-state index in [1.807, 2.05) is 0 Å². The maximum absolute atomic E-state index is 14.7. The molecule has 3 aromatic carbocycles. The van der Waals surface area contributed by atoms with Crippen molar-refractivity contribution in [1.82, 2.24) is 5.32 Å². The van der Waals surface area contributed by atoms with Crippen LogP contribution in [-0.2, 0) is 16.8 Å². The molecule has 0 saturated carbocycles. The highest BCUT2D eigenvalue weighted by atomic mass is 35.5. The first-order valence-corrected chi connectivity index (χ1v) is 11.5. The minimum atomic E-state index is -5.03. The predicted molar refractivity (Wildman–Crippen MR) is 124 cm³/mol. The summed E-state index contributed by atoms with van der Waals surface area (Å²) in [6.45, 7) is 0. The summed E-state index contributed by atoms with van der Waals surface area (Å²) in [6, 6.07) is 12.7. The average molecular weight is 584 g/mol. The smallest absolute Gasteiger partial charge is 0.428 e. The van der Waals surface area contributed by atoms with Crippen molar-refractivity contribution in [1.29, 1.82) is 0 Å². The van der Waals surface area contributed by atoms with Crippen LogP contribution in [0.5, 0.6) is 5.75 Å². The zero-order valence-corrected chi connectivity index (χ0v) is 20.4. The predicted octanol–water partition coefficient (Wildman–Crippen LogP) is 7.80. The third kappa shape index (κ3) is 7.81. The monoisotopic (exact) mass is 583 g/mol. The van der Waals surface area contributed by atoms with Crippen molar-refractivity contribution >= 4 is 17.5 Å². The molecule has 0 spiro atoms. The van der Waals surface area contributed by atoms with Gasteiger partial charge in [-0.05, 0) is 41.0 Å². The lowest BCUT2D eigenvalue weighted by Gasteiger charge is -2.37. The van der Waals surface area contributed by atoms with Crippen LogP contribution in [0.25, 0.3) is 0 Å². The van der Waals surface area contributed by atoms with E-state index >= 15 is 0 Å². The molecule has 0 aromatic heterocycles. The lowest BCUT2D eigenvalue weighted by molar-refractivity contribution is -0.253. The summed E-state index contributed by atoms with van der Waals surface area (Å²) in [5, 5.41) is 1.91. The quantitative estimate of drug-likeness (QED) is 0.247. The van der Waals surface area contributed by atoms with Gasteiger partial charge >= 0.3 is 18.7 Å². The van der Waals surface area contributed by atoms with Gasteiger partial charge in [0.1, 0.15) is 17.4 Å². The van der Waals surface area contributed by atoms with Crippen molar-refractivity contribution in [3.05, 3.63) is 100 Å². The molecular formula is C26H19ClF9NO2. The zero-order chi connectivity index (χ0) is 29.0. The summed E-state index contributed by atoms with van der Waals surface area (Å²) in [5.41, 5.74) is -2.09. The molecule has 1 atom stereocenters. The molecule has 1 amide bonds.